The van der Waals surface area contributed by atoms with Crippen LogP contribution >= 0.6 is 0 Å². The zero-order valence-electron chi connectivity index (χ0n) is 14.1. The minimum atomic E-state index is 0.115. The molecule has 5 heteroatoms. The first-order valence-electron chi connectivity index (χ1n) is 8.80. The topological polar surface area (TPSA) is 62.7 Å². The van der Waals surface area contributed by atoms with E-state index in [-0.39, 0.29) is 11.9 Å². The van der Waals surface area contributed by atoms with Gasteiger partial charge in [-0.15, -0.1) is 0 Å². The van der Waals surface area contributed by atoms with E-state index in [1.54, 1.807) is 0 Å². The summed E-state index contributed by atoms with van der Waals surface area (Å²) in [5.74, 6) is 1.23. The third-order valence-electron chi connectivity index (χ3n) is 4.75. The summed E-state index contributed by atoms with van der Waals surface area (Å²) in [6.07, 6.45) is 6.93. The largest absolute Gasteiger partial charge is 0.358 e. The van der Waals surface area contributed by atoms with Gasteiger partial charge < -0.3 is 14.9 Å². The highest BCUT2D eigenvalue weighted by Gasteiger charge is 2.20. The molecule has 1 amide bonds. The first kappa shape index (κ1) is 15.7. The van der Waals surface area contributed by atoms with Crippen molar-refractivity contribution in [2.24, 2.45) is 0 Å². The number of aromatic amines is 1. The van der Waals surface area contributed by atoms with Gasteiger partial charge in [-0.25, -0.2) is 4.98 Å². The van der Waals surface area contributed by atoms with Crippen LogP contribution in [0.2, 0.25) is 0 Å². The molecule has 3 aromatic rings. The lowest BCUT2D eigenvalue weighted by atomic mass is 10.1. The third-order valence-corrected chi connectivity index (χ3v) is 4.75. The van der Waals surface area contributed by atoms with Crippen LogP contribution in [0.15, 0.2) is 54.9 Å². The maximum atomic E-state index is 12.3. The molecule has 1 atom stereocenters. The number of aryl methyl sites for hydroxylation is 2. The van der Waals surface area contributed by atoms with Crippen molar-refractivity contribution in [1.82, 2.24) is 19.9 Å². The number of imidazole rings is 1. The summed E-state index contributed by atoms with van der Waals surface area (Å²) < 4.78 is 2.13. The minimum Gasteiger partial charge on any atom is -0.358 e. The van der Waals surface area contributed by atoms with Crippen molar-refractivity contribution >= 4 is 5.91 Å². The molecule has 0 bridgehead atoms. The Labute approximate surface area is 147 Å². The van der Waals surface area contributed by atoms with Crippen LogP contribution in [0.3, 0.4) is 0 Å². The Morgan fingerprint density at radius 2 is 2.12 bits per heavy atom. The Morgan fingerprint density at radius 1 is 1.24 bits per heavy atom. The number of amides is 1. The van der Waals surface area contributed by atoms with Gasteiger partial charge in [-0.1, -0.05) is 30.3 Å². The summed E-state index contributed by atoms with van der Waals surface area (Å²) >= 11 is 0. The molecule has 1 aromatic carbocycles. The van der Waals surface area contributed by atoms with E-state index in [0.717, 1.165) is 48.6 Å². The molecular formula is C20H22N4O. The molecule has 0 saturated heterocycles. The summed E-state index contributed by atoms with van der Waals surface area (Å²) in [5.41, 5.74) is 3.35. The molecule has 128 valence electrons. The highest BCUT2D eigenvalue weighted by Crippen LogP contribution is 2.18. The molecular weight excluding hydrogens is 312 g/mol. The lowest BCUT2D eigenvalue weighted by molar-refractivity contribution is -0.122. The second-order valence-electron chi connectivity index (χ2n) is 6.56. The van der Waals surface area contributed by atoms with Crippen LogP contribution in [0.25, 0.3) is 11.3 Å². The van der Waals surface area contributed by atoms with Crippen molar-refractivity contribution in [3.05, 3.63) is 66.4 Å². The zero-order valence-corrected chi connectivity index (χ0v) is 14.1. The number of nitrogens with one attached hydrogen (secondary N) is 2. The van der Waals surface area contributed by atoms with Gasteiger partial charge in [0.15, 0.2) is 0 Å². The summed E-state index contributed by atoms with van der Waals surface area (Å²) in [6.45, 7) is 0.821. The number of nitrogens with zero attached hydrogens (tertiary/aromatic N) is 2. The van der Waals surface area contributed by atoms with Crippen molar-refractivity contribution in [3.8, 4) is 11.3 Å². The summed E-state index contributed by atoms with van der Waals surface area (Å²) in [7, 11) is 0. The predicted molar refractivity (Wildman–Crippen MR) is 97.0 cm³/mol. The van der Waals surface area contributed by atoms with Gasteiger partial charge in [0, 0.05) is 49.2 Å². The lowest BCUT2D eigenvalue weighted by Crippen LogP contribution is -2.40. The van der Waals surface area contributed by atoms with Crippen LogP contribution < -0.4 is 5.32 Å². The molecule has 1 aliphatic rings. The number of aromatic nitrogens is 3. The molecule has 1 aliphatic heterocycles. The minimum absolute atomic E-state index is 0.115. The van der Waals surface area contributed by atoms with Gasteiger partial charge in [0.2, 0.25) is 5.91 Å². The van der Waals surface area contributed by atoms with E-state index in [2.05, 4.69) is 44.1 Å². The Hall–Kier alpha value is -2.82. The Bertz CT molecular complexity index is 849. The van der Waals surface area contributed by atoms with E-state index in [4.69, 9.17) is 0 Å². The van der Waals surface area contributed by atoms with Crippen molar-refractivity contribution in [3.63, 3.8) is 0 Å². The Morgan fingerprint density at radius 3 is 3.00 bits per heavy atom. The maximum Gasteiger partial charge on any atom is 0.220 e. The van der Waals surface area contributed by atoms with Crippen LogP contribution in [0.1, 0.15) is 24.4 Å². The molecule has 2 N–H and O–H groups in total. The Kier molecular flexibility index (Phi) is 4.37. The quantitative estimate of drug-likeness (QED) is 0.753. The van der Waals surface area contributed by atoms with Gasteiger partial charge >= 0.3 is 0 Å². The molecule has 0 saturated carbocycles. The highest BCUT2D eigenvalue weighted by atomic mass is 16.1. The molecule has 25 heavy (non-hydrogen) atoms. The Balaban J connectivity index is 1.29. The van der Waals surface area contributed by atoms with Crippen LogP contribution in [-0.2, 0) is 24.2 Å². The number of rotatable bonds is 5. The van der Waals surface area contributed by atoms with Crippen molar-refractivity contribution in [2.75, 3.05) is 0 Å². The summed E-state index contributed by atoms with van der Waals surface area (Å²) in [6, 6.07) is 14.6. The number of carbonyl (C=O) groups is 1. The van der Waals surface area contributed by atoms with E-state index in [9.17, 15) is 4.79 Å². The number of H-pyrrole nitrogens is 1. The molecule has 0 radical (unpaired) electrons. The van der Waals surface area contributed by atoms with Gasteiger partial charge in [-0.05, 0) is 30.5 Å². The first-order chi connectivity index (χ1) is 12.3. The maximum absolute atomic E-state index is 12.3. The number of hydrogen-bond donors (Lipinski definition) is 2. The van der Waals surface area contributed by atoms with Crippen LogP contribution in [-0.4, -0.2) is 26.5 Å². The monoisotopic (exact) mass is 334 g/mol. The van der Waals surface area contributed by atoms with Gasteiger partial charge in [-0.3, -0.25) is 4.79 Å². The number of hydrogen-bond acceptors (Lipinski definition) is 2. The smallest absolute Gasteiger partial charge is 0.220 e. The van der Waals surface area contributed by atoms with Gasteiger partial charge in [-0.2, -0.15) is 0 Å². The van der Waals surface area contributed by atoms with Gasteiger partial charge in [0.05, 0.1) is 0 Å². The standard InChI is InChI=1S/C20H22N4O/c25-20(23-17-7-10-19-21-12-13-24(19)14-17)11-8-16-6-9-18(22-16)15-4-2-1-3-5-15/h1-6,9,12-13,17,22H,7-8,10-11,14H2,(H,23,25). The molecule has 3 heterocycles. The highest BCUT2D eigenvalue weighted by molar-refractivity contribution is 5.76. The molecule has 0 fully saturated rings. The van der Waals surface area contributed by atoms with Gasteiger partial charge in [0.25, 0.3) is 0 Å². The normalized spacial score (nSPS) is 16.4. The van der Waals surface area contributed by atoms with Crippen LogP contribution in [0, 0.1) is 0 Å². The molecule has 4 rings (SSSR count). The first-order valence-corrected chi connectivity index (χ1v) is 8.80. The second-order valence-corrected chi connectivity index (χ2v) is 6.56. The van der Waals surface area contributed by atoms with Gasteiger partial charge in [0.1, 0.15) is 5.82 Å². The molecule has 2 aromatic heterocycles. The average molecular weight is 334 g/mol. The second kappa shape index (κ2) is 6.97. The van der Waals surface area contributed by atoms with E-state index >= 15 is 0 Å². The number of benzene rings is 1. The van der Waals surface area contributed by atoms with E-state index in [0.29, 0.717) is 6.42 Å². The molecule has 0 spiro atoms. The van der Waals surface area contributed by atoms with Crippen molar-refractivity contribution < 1.29 is 4.79 Å². The van der Waals surface area contributed by atoms with Crippen LogP contribution in [0.4, 0.5) is 0 Å². The SMILES string of the molecule is O=C(CCc1ccc(-c2ccccc2)[nH]1)NC1CCc2nccn2C1. The number of carbonyl (C=O) groups excluding carboxylic acids is 1. The van der Waals surface area contributed by atoms with E-state index < -0.39 is 0 Å². The fourth-order valence-electron chi connectivity index (χ4n) is 3.40. The van der Waals surface area contributed by atoms with Crippen molar-refractivity contribution in [2.45, 2.75) is 38.3 Å². The van der Waals surface area contributed by atoms with E-state index in [1.165, 1.54) is 0 Å². The van der Waals surface area contributed by atoms with Crippen LogP contribution in [0.5, 0.6) is 0 Å². The molecule has 1 unspecified atom stereocenters. The average Bonchev–Trinajstić information content (AvgIpc) is 3.30. The number of fused-ring (bicyclic) bond motifs is 1. The third kappa shape index (κ3) is 3.65. The summed E-state index contributed by atoms with van der Waals surface area (Å²) in [4.78, 5) is 20.0. The molecule has 0 aliphatic carbocycles. The van der Waals surface area contributed by atoms with E-state index in [1.807, 2.05) is 30.6 Å². The molecule has 5 nitrogen and oxygen atoms in total. The fourth-order valence-corrected chi connectivity index (χ4v) is 3.40. The zero-order chi connectivity index (χ0) is 17.1. The lowest BCUT2D eigenvalue weighted by Gasteiger charge is -2.24. The summed E-state index contributed by atoms with van der Waals surface area (Å²) in [5, 5.41) is 3.16. The van der Waals surface area contributed by atoms with Crippen molar-refractivity contribution in [1.29, 1.82) is 0 Å². The predicted octanol–water partition coefficient (Wildman–Crippen LogP) is 2.94. The fraction of sp³-hybridized carbons (Fsp3) is 0.300.